The summed E-state index contributed by atoms with van der Waals surface area (Å²) in [5, 5.41) is 8.65. The molecule has 0 saturated carbocycles. The van der Waals surface area contributed by atoms with Crippen molar-refractivity contribution >= 4 is 44.2 Å². The van der Waals surface area contributed by atoms with Gasteiger partial charge in [0.25, 0.3) is 0 Å². The quantitative estimate of drug-likeness (QED) is 0.190. The molecule has 2 heterocycles. The molecule has 0 saturated heterocycles. The summed E-state index contributed by atoms with van der Waals surface area (Å²) < 4.78 is 2.40. The molecule has 1 aromatic heterocycles. The number of aryl methyl sites for hydroxylation is 2. The summed E-state index contributed by atoms with van der Waals surface area (Å²) >= 11 is 0. The molecule has 1 atom stereocenters. The molecule has 9 aromatic rings. The lowest BCUT2D eigenvalue weighted by atomic mass is 9.84. The zero-order chi connectivity index (χ0) is 36.3. The number of para-hydroxylation sites is 1. The van der Waals surface area contributed by atoms with E-state index in [0.717, 1.165) is 46.9 Å². The molecule has 4 nitrogen and oxygen atoms in total. The van der Waals surface area contributed by atoms with Crippen molar-refractivity contribution in [1.82, 2.24) is 9.88 Å². The van der Waals surface area contributed by atoms with Crippen molar-refractivity contribution in [2.45, 2.75) is 19.0 Å². The molecule has 4 heteroatoms. The Balaban J connectivity index is 1.01. The average Bonchev–Trinajstić information content (AvgIpc) is 3.61. The van der Waals surface area contributed by atoms with Crippen LogP contribution in [0.25, 0.3) is 60.5 Å². The molecule has 0 fully saturated rings. The third-order valence-electron chi connectivity index (χ3n) is 11.3. The Morgan fingerprint density at radius 3 is 2.09 bits per heavy atom. The smallest absolute Gasteiger partial charge is 0.159 e. The normalized spacial score (nSPS) is 14.9. The largest absolute Gasteiger partial charge is 0.344 e. The summed E-state index contributed by atoms with van der Waals surface area (Å²) in [5.41, 5.74) is 14.7. The Bertz CT molecular complexity index is 3010. The van der Waals surface area contributed by atoms with E-state index >= 15 is 0 Å². The van der Waals surface area contributed by atoms with Gasteiger partial charge in [-0.15, -0.1) is 0 Å². The second kappa shape index (κ2) is 12.8. The van der Waals surface area contributed by atoms with Crippen molar-refractivity contribution in [3.8, 4) is 27.9 Å². The molecule has 1 unspecified atom stereocenters. The van der Waals surface area contributed by atoms with E-state index in [2.05, 4.69) is 155 Å². The van der Waals surface area contributed by atoms with Gasteiger partial charge >= 0.3 is 0 Å². The minimum atomic E-state index is -0.313. The van der Waals surface area contributed by atoms with Gasteiger partial charge in [-0.2, -0.15) is 0 Å². The molecule has 11 rings (SSSR count). The number of amidine groups is 2. The fraction of sp³-hybridized carbons (Fsp3) is 0.0588. The molecule has 0 bridgehead atoms. The lowest BCUT2D eigenvalue weighted by Crippen LogP contribution is -2.33. The second-order valence-corrected chi connectivity index (χ2v) is 14.6. The third kappa shape index (κ3) is 5.37. The van der Waals surface area contributed by atoms with E-state index in [1.807, 2.05) is 36.4 Å². The number of nitrogens with zero attached hydrogens (tertiary/aromatic N) is 3. The fourth-order valence-electron chi connectivity index (χ4n) is 8.66. The van der Waals surface area contributed by atoms with Crippen LogP contribution in [0, 0.1) is 0 Å². The highest BCUT2D eigenvalue weighted by molar-refractivity contribution is 6.21. The number of benzene rings is 8. The Kier molecular flexibility index (Phi) is 7.34. The predicted octanol–water partition coefficient (Wildman–Crippen LogP) is 11.9. The first-order valence-corrected chi connectivity index (χ1v) is 19.1. The van der Waals surface area contributed by atoms with Crippen LogP contribution >= 0.6 is 0 Å². The minimum Gasteiger partial charge on any atom is -0.344 e. The van der Waals surface area contributed by atoms with Gasteiger partial charge in [0, 0.05) is 27.6 Å². The molecule has 2 aliphatic rings. The Morgan fingerprint density at radius 1 is 0.491 bits per heavy atom. The Labute approximate surface area is 319 Å². The highest BCUT2D eigenvalue weighted by Crippen LogP contribution is 2.40. The molecule has 8 aromatic carbocycles. The van der Waals surface area contributed by atoms with Gasteiger partial charge in [-0.3, -0.25) is 0 Å². The first-order valence-electron chi connectivity index (χ1n) is 19.1. The van der Waals surface area contributed by atoms with Crippen molar-refractivity contribution in [1.29, 1.82) is 0 Å². The van der Waals surface area contributed by atoms with Crippen LogP contribution in [0.1, 0.15) is 34.0 Å². The number of aliphatic imine (C=N–C) groups is 2. The van der Waals surface area contributed by atoms with E-state index < -0.39 is 0 Å². The van der Waals surface area contributed by atoms with Crippen LogP contribution in [0.15, 0.2) is 192 Å². The summed E-state index contributed by atoms with van der Waals surface area (Å²) in [6.45, 7) is 0. The summed E-state index contributed by atoms with van der Waals surface area (Å²) in [6.07, 6.45) is 1.89. The van der Waals surface area contributed by atoms with Gasteiger partial charge in [-0.1, -0.05) is 146 Å². The van der Waals surface area contributed by atoms with Gasteiger partial charge in [0.2, 0.25) is 0 Å². The molecule has 260 valence electrons. The minimum absolute atomic E-state index is 0.313. The first-order chi connectivity index (χ1) is 27.2. The highest BCUT2D eigenvalue weighted by Gasteiger charge is 2.23. The topological polar surface area (TPSA) is 41.7 Å². The number of nitrogens with one attached hydrogen (secondary N) is 1. The first kappa shape index (κ1) is 31.5. The number of hydrogen-bond donors (Lipinski definition) is 1. The van der Waals surface area contributed by atoms with Gasteiger partial charge < -0.3 is 9.88 Å². The lowest BCUT2D eigenvalue weighted by molar-refractivity contribution is 0.674. The molecule has 0 radical (unpaired) electrons. The summed E-state index contributed by atoms with van der Waals surface area (Å²) in [5.74, 6) is 1.53. The zero-order valence-corrected chi connectivity index (χ0v) is 30.2. The monoisotopic (exact) mass is 704 g/mol. The Hall–Kier alpha value is -7.04. The lowest BCUT2D eigenvalue weighted by Gasteiger charge is -2.24. The van der Waals surface area contributed by atoms with Gasteiger partial charge in [0.15, 0.2) is 5.84 Å². The fourth-order valence-corrected chi connectivity index (χ4v) is 8.66. The van der Waals surface area contributed by atoms with Gasteiger partial charge in [0.05, 0.1) is 11.0 Å². The van der Waals surface area contributed by atoms with Crippen LogP contribution in [0.3, 0.4) is 0 Å². The molecule has 1 aliphatic heterocycles. The van der Waals surface area contributed by atoms with Crippen molar-refractivity contribution in [3.05, 3.63) is 210 Å². The summed E-state index contributed by atoms with van der Waals surface area (Å²) in [4.78, 5) is 10.1. The van der Waals surface area contributed by atoms with Crippen molar-refractivity contribution in [2.75, 3.05) is 0 Å². The van der Waals surface area contributed by atoms with E-state index in [0.29, 0.717) is 0 Å². The van der Waals surface area contributed by atoms with Crippen LogP contribution in [0.2, 0.25) is 0 Å². The van der Waals surface area contributed by atoms with E-state index in [1.165, 1.54) is 66.0 Å². The molecule has 0 spiro atoms. The van der Waals surface area contributed by atoms with Crippen LogP contribution in [-0.4, -0.2) is 16.2 Å². The zero-order valence-electron chi connectivity index (χ0n) is 30.2. The number of hydrogen-bond acceptors (Lipinski definition) is 3. The molecular weight excluding hydrogens is 669 g/mol. The van der Waals surface area contributed by atoms with Crippen molar-refractivity contribution < 1.29 is 0 Å². The average molecular weight is 705 g/mol. The van der Waals surface area contributed by atoms with Gasteiger partial charge in [-0.05, 0) is 99.0 Å². The standard InChI is InChI=1S/C51H36N4/c1-3-13-35(14-4-1)49-52-50(36-15-5-2-6-16-36)54-51(53-49)40-17-11-18-41(31-40)55-46-21-10-9-20-44(46)48-43-28-26-37(30-39(43)27-29-47(48)55)38-25-24-34-23-22-33-12-7-8-19-42(33)45(34)32-38/h1-21,24-32,51H,22-23H2,(H,52,53,54). The predicted molar refractivity (Wildman–Crippen MR) is 228 cm³/mol. The highest BCUT2D eigenvalue weighted by atomic mass is 15.2. The van der Waals surface area contributed by atoms with E-state index in [9.17, 15) is 0 Å². The van der Waals surface area contributed by atoms with E-state index in [1.54, 1.807) is 0 Å². The van der Waals surface area contributed by atoms with Crippen LogP contribution in [0.4, 0.5) is 0 Å². The summed E-state index contributed by atoms with van der Waals surface area (Å²) in [7, 11) is 0. The van der Waals surface area contributed by atoms with Gasteiger partial charge in [0.1, 0.15) is 12.0 Å². The maximum absolute atomic E-state index is 5.16. The van der Waals surface area contributed by atoms with Crippen molar-refractivity contribution in [2.24, 2.45) is 9.98 Å². The van der Waals surface area contributed by atoms with Gasteiger partial charge in [-0.25, -0.2) is 9.98 Å². The number of aromatic nitrogens is 1. The number of rotatable bonds is 5. The van der Waals surface area contributed by atoms with E-state index in [4.69, 9.17) is 9.98 Å². The van der Waals surface area contributed by atoms with Crippen LogP contribution < -0.4 is 5.32 Å². The third-order valence-corrected chi connectivity index (χ3v) is 11.3. The molecule has 1 aliphatic carbocycles. The molecular formula is C51H36N4. The second-order valence-electron chi connectivity index (χ2n) is 14.6. The maximum Gasteiger partial charge on any atom is 0.159 e. The van der Waals surface area contributed by atoms with Crippen LogP contribution in [0.5, 0.6) is 0 Å². The maximum atomic E-state index is 5.16. The SMILES string of the molecule is c1ccc(C2=NC(c3cccc(-n4c5ccccc5c5c6ccc(-c7ccc8c(c7)-c7ccccc7CC8)cc6ccc54)c3)NC(c3ccccc3)=N2)cc1. The molecule has 55 heavy (non-hydrogen) atoms. The number of fused-ring (bicyclic) bond motifs is 8. The van der Waals surface area contributed by atoms with Crippen LogP contribution in [-0.2, 0) is 12.8 Å². The summed E-state index contributed by atoms with van der Waals surface area (Å²) in [6, 6.07) is 65.5. The Morgan fingerprint density at radius 2 is 1.22 bits per heavy atom. The molecule has 0 amide bonds. The van der Waals surface area contributed by atoms with E-state index in [-0.39, 0.29) is 6.17 Å². The van der Waals surface area contributed by atoms with Crippen molar-refractivity contribution in [3.63, 3.8) is 0 Å². The molecule has 1 N–H and O–H groups in total.